The molecule has 0 spiro atoms. The van der Waals surface area contributed by atoms with Crippen LogP contribution in [0, 0.1) is 10.1 Å². The van der Waals surface area contributed by atoms with Gasteiger partial charge in [-0.2, -0.15) is 0 Å². The van der Waals surface area contributed by atoms with Crippen LogP contribution in [0.1, 0.15) is 40.2 Å². The van der Waals surface area contributed by atoms with Gasteiger partial charge in [0.1, 0.15) is 12.1 Å². The number of nitro benzene ring substituents is 1. The quantitative estimate of drug-likeness (QED) is 0.341. The van der Waals surface area contributed by atoms with E-state index in [4.69, 9.17) is 4.74 Å². The van der Waals surface area contributed by atoms with Gasteiger partial charge in [-0.25, -0.2) is 0 Å². The van der Waals surface area contributed by atoms with Crippen molar-refractivity contribution in [2.24, 2.45) is 0 Å². The molecule has 7 nitrogen and oxygen atoms in total. The summed E-state index contributed by atoms with van der Waals surface area (Å²) in [6, 6.07) is 5.75. The zero-order valence-electron chi connectivity index (χ0n) is 15.2. The van der Waals surface area contributed by atoms with E-state index in [1.54, 1.807) is 46.8 Å². The molecule has 0 N–H and O–H groups in total. The van der Waals surface area contributed by atoms with E-state index in [1.165, 1.54) is 29.2 Å². The standard InChI is InChI=1S/C18H24N2O5/c1-13(2)19(12-17(22)25-18(3,4)5)16(21)10-9-14-7-6-8-15(11-14)20(23)24/h6-11,13H,12H2,1-5H3. The molecular weight excluding hydrogens is 324 g/mol. The van der Waals surface area contributed by atoms with Crippen molar-refractivity contribution < 1.29 is 19.2 Å². The SMILES string of the molecule is CC(C)N(CC(=O)OC(C)(C)C)C(=O)C=Cc1cccc([N+](=O)[O-])c1. The third-order valence-electron chi connectivity index (χ3n) is 3.13. The first-order valence-electron chi connectivity index (χ1n) is 7.94. The molecule has 0 saturated heterocycles. The second kappa shape index (κ2) is 8.41. The molecule has 0 unspecified atom stereocenters. The highest BCUT2D eigenvalue weighted by Crippen LogP contribution is 2.15. The molecule has 1 rings (SSSR count). The minimum absolute atomic E-state index is 0.0518. The molecule has 0 saturated carbocycles. The molecule has 0 radical (unpaired) electrons. The van der Waals surface area contributed by atoms with Gasteiger partial charge in [0.15, 0.2) is 0 Å². The van der Waals surface area contributed by atoms with Crippen LogP contribution in [-0.4, -0.2) is 39.9 Å². The van der Waals surface area contributed by atoms with Gasteiger partial charge in [-0.3, -0.25) is 19.7 Å². The molecule has 1 amide bonds. The maximum Gasteiger partial charge on any atom is 0.326 e. The monoisotopic (exact) mass is 348 g/mol. The highest BCUT2D eigenvalue weighted by Gasteiger charge is 2.22. The van der Waals surface area contributed by atoms with Gasteiger partial charge in [0.25, 0.3) is 5.69 Å². The van der Waals surface area contributed by atoms with E-state index < -0.39 is 16.5 Å². The number of hydrogen-bond acceptors (Lipinski definition) is 5. The summed E-state index contributed by atoms with van der Waals surface area (Å²) in [6.07, 6.45) is 2.78. The van der Waals surface area contributed by atoms with Gasteiger partial charge in [-0.1, -0.05) is 12.1 Å². The molecule has 0 bridgehead atoms. The van der Waals surface area contributed by atoms with Crippen LogP contribution < -0.4 is 0 Å². The minimum Gasteiger partial charge on any atom is -0.459 e. The molecule has 0 aliphatic heterocycles. The van der Waals surface area contributed by atoms with Gasteiger partial charge in [-0.15, -0.1) is 0 Å². The average Bonchev–Trinajstić information content (AvgIpc) is 2.48. The van der Waals surface area contributed by atoms with Crippen LogP contribution in [0.3, 0.4) is 0 Å². The first-order chi connectivity index (χ1) is 11.5. The number of non-ortho nitro benzene ring substituents is 1. The van der Waals surface area contributed by atoms with Gasteiger partial charge < -0.3 is 9.64 Å². The number of esters is 1. The summed E-state index contributed by atoms with van der Waals surface area (Å²) in [7, 11) is 0. The summed E-state index contributed by atoms with van der Waals surface area (Å²) in [4.78, 5) is 36.0. The summed E-state index contributed by atoms with van der Waals surface area (Å²) >= 11 is 0. The second-order valence-corrected chi connectivity index (χ2v) is 6.83. The lowest BCUT2D eigenvalue weighted by Crippen LogP contribution is -2.41. The van der Waals surface area contributed by atoms with Gasteiger partial charge in [0, 0.05) is 24.3 Å². The number of nitrogens with zero attached hydrogens (tertiary/aromatic N) is 2. The third-order valence-corrected chi connectivity index (χ3v) is 3.13. The van der Waals surface area contributed by atoms with E-state index in [0.29, 0.717) is 5.56 Å². The maximum absolute atomic E-state index is 12.4. The summed E-state index contributed by atoms with van der Waals surface area (Å²) in [5.41, 5.74) is -0.144. The van der Waals surface area contributed by atoms with Crippen molar-refractivity contribution in [3.8, 4) is 0 Å². The van der Waals surface area contributed by atoms with Crippen LogP contribution >= 0.6 is 0 Å². The smallest absolute Gasteiger partial charge is 0.326 e. The van der Waals surface area contributed by atoms with Gasteiger partial charge in [0.05, 0.1) is 4.92 Å². The molecule has 7 heteroatoms. The lowest BCUT2D eigenvalue weighted by Gasteiger charge is -2.27. The first kappa shape index (κ1) is 20.3. The van der Waals surface area contributed by atoms with Crippen LogP contribution in [0.5, 0.6) is 0 Å². The van der Waals surface area contributed by atoms with Crippen molar-refractivity contribution >= 4 is 23.6 Å². The van der Waals surface area contributed by atoms with Crippen molar-refractivity contribution in [3.63, 3.8) is 0 Å². The molecule has 0 atom stereocenters. The van der Waals surface area contributed by atoms with Crippen molar-refractivity contribution in [1.29, 1.82) is 0 Å². The topological polar surface area (TPSA) is 89.8 Å². The molecule has 0 aromatic heterocycles. The number of hydrogen-bond donors (Lipinski definition) is 0. The van der Waals surface area contributed by atoms with E-state index in [0.717, 1.165) is 0 Å². The maximum atomic E-state index is 12.4. The molecule has 0 aliphatic carbocycles. The Morgan fingerprint density at radius 2 is 1.96 bits per heavy atom. The molecule has 25 heavy (non-hydrogen) atoms. The van der Waals surface area contributed by atoms with Crippen molar-refractivity contribution in [1.82, 2.24) is 4.90 Å². The minimum atomic E-state index is -0.623. The molecule has 0 heterocycles. The largest absolute Gasteiger partial charge is 0.459 e. The number of carbonyl (C=O) groups is 2. The Labute approximate surface area is 147 Å². The summed E-state index contributed by atoms with van der Waals surface area (Å²) < 4.78 is 5.24. The van der Waals surface area contributed by atoms with E-state index >= 15 is 0 Å². The first-order valence-corrected chi connectivity index (χ1v) is 7.94. The predicted octanol–water partition coefficient (Wildman–Crippen LogP) is 3.19. The Morgan fingerprint density at radius 1 is 1.32 bits per heavy atom. The van der Waals surface area contributed by atoms with Crippen LogP contribution in [-0.2, 0) is 14.3 Å². The molecular formula is C18H24N2O5. The van der Waals surface area contributed by atoms with Crippen LogP contribution in [0.25, 0.3) is 6.08 Å². The number of ether oxygens (including phenoxy) is 1. The van der Waals surface area contributed by atoms with Crippen molar-refractivity contribution in [2.75, 3.05) is 6.54 Å². The summed E-state index contributed by atoms with van der Waals surface area (Å²) in [6.45, 7) is 8.71. The Kier molecular flexibility index (Phi) is 6.85. The van der Waals surface area contributed by atoms with Crippen LogP contribution in [0.4, 0.5) is 5.69 Å². The van der Waals surface area contributed by atoms with Gasteiger partial charge in [-0.05, 0) is 46.3 Å². The predicted molar refractivity (Wildman–Crippen MR) is 94.8 cm³/mol. The third kappa shape index (κ3) is 7.15. The molecule has 0 fully saturated rings. The van der Waals surface area contributed by atoms with Gasteiger partial charge >= 0.3 is 5.97 Å². The fourth-order valence-electron chi connectivity index (χ4n) is 2.03. The van der Waals surface area contributed by atoms with E-state index in [2.05, 4.69) is 0 Å². The molecule has 1 aromatic carbocycles. The fraction of sp³-hybridized carbons (Fsp3) is 0.444. The van der Waals surface area contributed by atoms with E-state index in [1.807, 2.05) is 0 Å². The summed E-state index contributed by atoms with van der Waals surface area (Å²) in [5.74, 6) is -0.856. The molecule has 1 aromatic rings. The highest BCUT2D eigenvalue weighted by molar-refractivity contribution is 5.94. The Morgan fingerprint density at radius 3 is 2.48 bits per heavy atom. The van der Waals surface area contributed by atoms with Crippen LogP contribution in [0.15, 0.2) is 30.3 Å². The Balaban J connectivity index is 2.84. The van der Waals surface area contributed by atoms with Gasteiger partial charge in [0.2, 0.25) is 5.91 Å². The lowest BCUT2D eigenvalue weighted by molar-refractivity contribution is -0.384. The second-order valence-electron chi connectivity index (χ2n) is 6.83. The lowest BCUT2D eigenvalue weighted by atomic mass is 10.2. The number of rotatable bonds is 6. The highest BCUT2D eigenvalue weighted by atomic mass is 16.6. The summed E-state index contributed by atoms with van der Waals surface area (Å²) in [5, 5.41) is 10.8. The Bertz CT molecular complexity index is 674. The van der Waals surface area contributed by atoms with E-state index in [9.17, 15) is 19.7 Å². The molecule has 136 valence electrons. The zero-order chi connectivity index (χ0) is 19.2. The number of nitro groups is 1. The normalized spacial score (nSPS) is 11.6. The van der Waals surface area contributed by atoms with Crippen molar-refractivity contribution in [2.45, 2.75) is 46.3 Å². The van der Waals surface area contributed by atoms with E-state index in [-0.39, 0.29) is 24.2 Å². The Hall–Kier alpha value is -2.70. The number of benzene rings is 1. The van der Waals surface area contributed by atoms with Crippen molar-refractivity contribution in [3.05, 3.63) is 46.0 Å². The van der Waals surface area contributed by atoms with Crippen LogP contribution in [0.2, 0.25) is 0 Å². The average molecular weight is 348 g/mol. The fourth-order valence-corrected chi connectivity index (χ4v) is 2.03. The number of carbonyl (C=O) groups excluding carboxylic acids is 2. The number of amides is 1. The molecule has 0 aliphatic rings. The zero-order valence-corrected chi connectivity index (χ0v) is 15.2.